The molecule has 0 fully saturated rings. The molecule has 1 nitrogen and oxygen atoms in total. The Morgan fingerprint density at radius 2 is 1.75 bits per heavy atom. The molecule has 0 aliphatic heterocycles. The zero-order chi connectivity index (χ0) is 9.07. The first-order valence-corrected chi connectivity index (χ1v) is 4.57. The van der Waals surface area contributed by atoms with E-state index in [4.69, 9.17) is 5.26 Å². The van der Waals surface area contributed by atoms with E-state index in [9.17, 15) is 0 Å². The number of hydrogen-bond acceptors (Lipinski definition) is 1. The summed E-state index contributed by atoms with van der Waals surface area (Å²) in [5.41, 5.74) is 0. The molecule has 0 N–H and O–H groups in total. The van der Waals surface area contributed by atoms with Gasteiger partial charge in [-0.05, 0) is 32.6 Å². The Balaban J connectivity index is 3.02. The van der Waals surface area contributed by atoms with E-state index in [2.05, 4.69) is 19.1 Å². The van der Waals surface area contributed by atoms with Crippen molar-refractivity contribution in [2.45, 2.75) is 39.0 Å². The van der Waals surface area contributed by atoms with E-state index in [1.165, 1.54) is 25.7 Å². The van der Waals surface area contributed by atoms with Crippen LogP contribution < -0.4 is 0 Å². The summed E-state index contributed by atoms with van der Waals surface area (Å²) >= 11 is 0. The van der Waals surface area contributed by atoms with Crippen molar-refractivity contribution in [3.05, 3.63) is 24.3 Å². The minimum atomic E-state index is 1.05. The molecule has 0 aromatic carbocycles. The number of rotatable bonds is 6. The molecule has 0 saturated heterocycles. The van der Waals surface area contributed by atoms with Crippen LogP contribution in [0.5, 0.6) is 0 Å². The SMILES string of the molecule is C/C=C/CCCCC/C=C/C#N. The minimum absolute atomic E-state index is 1.05. The molecule has 0 unspecified atom stereocenters. The quantitative estimate of drug-likeness (QED) is 0.333. The summed E-state index contributed by atoms with van der Waals surface area (Å²) < 4.78 is 0. The highest BCUT2D eigenvalue weighted by molar-refractivity contribution is 5.01. The molecule has 0 atom stereocenters. The fraction of sp³-hybridized carbons (Fsp3) is 0.545. The maximum absolute atomic E-state index is 8.19. The van der Waals surface area contributed by atoms with Crippen molar-refractivity contribution in [3.63, 3.8) is 0 Å². The van der Waals surface area contributed by atoms with E-state index >= 15 is 0 Å². The molecule has 0 saturated carbocycles. The molecule has 0 aliphatic rings. The van der Waals surface area contributed by atoms with Crippen molar-refractivity contribution in [3.8, 4) is 6.07 Å². The van der Waals surface area contributed by atoms with Crippen molar-refractivity contribution >= 4 is 0 Å². The fourth-order valence-corrected chi connectivity index (χ4v) is 1.00. The van der Waals surface area contributed by atoms with Crippen LogP contribution in [0.3, 0.4) is 0 Å². The molecule has 0 aromatic heterocycles. The second-order valence-electron chi connectivity index (χ2n) is 2.74. The predicted octanol–water partition coefficient (Wildman–Crippen LogP) is 3.59. The van der Waals surface area contributed by atoms with Crippen molar-refractivity contribution in [1.82, 2.24) is 0 Å². The summed E-state index contributed by atoms with van der Waals surface area (Å²) in [6.45, 7) is 2.05. The highest BCUT2D eigenvalue weighted by Gasteiger charge is 1.84. The molecule has 1 heteroatoms. The maximum atomic E-state index is 8.19. The van der Waals surface area contributed by atoms with Crippen molar-refractivity contribution < 1.29 is 0 Å². The van der Waals surface area contributed by atoms with E-state index in [0.29, 0.717) is 0 Å². The van der Waals surface area contributed by atoms with Gasteiger partial charge in [-0.25, -0.2) is 0 Å². The topological polar surface area (TPSA) is 23.8 Å². The highest BCUT2D eigenvalue weighted by atomic mass is 14.2. The smallest absolute Gasteiger partial charge is 0.0908 e. The lowest BCUT2D eigenvalue weighted by Gasteiger charge is -1.93. The highest BCUT2D eigenvalue weighted by Crippen LogP contribution is 2.03. The third-order valence-electron chi connectivity index (χ3n) is 1.67. The molecule has 0 bridgehead atoms. The molecule has 0 spiro atoms. The second-order valence-corrected chi connectivity index (χ2v) is 2.74. The summed E-state index contributed by atoms with van der Waals surface area (Å²) in [4.78, 5) is 0. The monoisotopic (exact) mass is 163 g/mol. The average molecular weight is 163 g/mol. The Bertz CT molecular complexity index is 172. The lowest BCUT2D eigenvalue weighted by atomic mass is 10.1. The van der Waals surface area contributed by atoms with Crippen molar-refractivity contribution in [2.75, 3.05) is 0 Å². The third-order valence-corrected chi connectivity index (χ3v) is 1.67. The first-order chi connectivity index (χ1) is 5.91. The Morgan fingerprint density at radius 1 is 1.08 bits per heavy atom. The maximum Gasteiger partial charge on any atom is 0.0908 e. The lowest BCUT2D eigenvalue weighted by molar-refractivity contribution is 0.696. The van der Waals surface area contributed by atoms with Gasteiger partial charge >= 0.3 is 0 Å². The van der Waals surface area contributed by atoms with Gasteiger partial charge in [0.2, 0.25) is 0 Å². The van der Waals surface area contributed by atoms with E-state index < -0.39 is 0 Å². The number of nitrogens with zero attached hydrogens (tertiary/aromatic N) is 1. The Morgan fingerprint density at radius 3 is 2.33 bits per heavy atom. The first-order valence-electron chi connectivity index (χ1n) is 4.57. The van der Waals surface area contributed by atoms with Gasteiger partial charge in [0.25, 0.3) is 0 Å². The molecule has 0 radical (unpaired) electrons. The molecule has 0 aliphatic carbocycles. The van der Waals surface area contributed by atoms with Gasteiger partial charge in [0.05, 0.1) is 6.07 Å². The van der Waals surface area contributed by atoms with E-state index in [1.54, 1.807) is 6.08 Å². The normalized spacial score (nSPS) is 11.0. The van der Waals surface area contributed by atoms with Gasteiger partial charge in [-0.15, -0.1) is 0 Å². The van der Waals surface area contributed by atoms with Gasteiger partial charge in [-0.1, -0.05) is 24.6 Å². The standard InChI is InChI=1S/C11H17N/c1-2-3-4-5-6-7-8-9-10-11-12/h2-3,9-10H,4-8H2,1H3/b3-2+,10-9+. The summed E-state index contributed by atoms with van der Waals surface area (Å²) in [6, 6.07) is 1.99. The Kier molecular flexibility index (Phi) is 9.11. The first kappa shape index (κ1) is 11.0. The Labute approximate surface area is 75.4 Å². The van der Waals surface area contributed by atoms with Crippen molar-refractivity contribution in [1.29, 1.82) is 5.26 Å². The number of allylic oxidation sites excluding steroid dienone is 4. The van der Waals surface area contributed by atoms with Gasteiger partial charge in [0, 0.05) is 6.08 Å². The van der Waals surface area contributed by atoms with Crippen LogP contribution in [-0.4, -0.2) is 0 Å². The van der Waals surface area contributed by atoms with E-state index in [0.717, 1.165) is 6.42 Å². The zero-order valence-corrected chi connectivity index (χ0v) is 7.79. The van der Waals surface area contributed by atoms with Gasteiger partial charge < -0.3 is 0 Å². The minimum Gasteiger partial charge on any atom is -0.193 e. The molecule has 0 aromatic rings. The molecule has 12 heavy (non-hydrogen) atoms. The van der Waals surface area contributed by atoms with Crippen LogP contribution in [-0.2, 0) is 0 Å². The van der Waals surface area contributed by atoms with Crippen LogP contribution in [0.1, 0.15) is 39.0 Å². The lowest BCUT2D eigenvalue weighted by Crippen LogP contribution is -1.74. The van der Waals surface area contributed by atoms with Gasteiger partial charge in [-0.3, -0.25) is 0 Å². The summed E-state index contributed by atoms with van der Waals surface area (Å²) in [5, 5.41) is 8.19. The summed E-state index contributed by atoms with van der Waals surface area (Å²) in [6.07, 6.45) is 13.8. The van der Waals surface area contributed by atoms with Gasteiger partial charge in [0.15, 0.2) is 0 Å². The fourth-order valence-electron chi connectivity index (χ4n) is 1.00. The summed E-state index contributed by atoms with van der Waals surface area (Å²) in [7, 11) is 0. The molecule has 66 valence electrons. The van der Waals surface area contributed by atoms with Gasteiger partial charge in [-0.2, -0.15) is 5.26 Å². The van der Waals surface area contributed by atoms with Crippen LogP contribution in [0.15, 0.2) is 24.3 Å². The zero-order valence-electron chi connectivity index (χ0n) is 7.79. The van der Waals surface area contributed by atoms with E-state index in [-0.39, 0.29) is 0 Å². The average Bonchev–Trinajstić information content (AvgIpc) is 2.10. The molecule has 0 amide bonds. The number of hydrogen-bond donors (Lipinski definition) is 0. The van der Waals surface area contributed by atoms with E-state index in [1.807, 2.05) is 12.1 Å². The van der Waals surface area contributed by atoms with Crippen LogP contribution in [0.25, 0.3) is 0 Å². The largest absolute Gasteiger partial charge is 0.193 e. The van der Waals surface area contributed by atoms with Crippen LogP contribution in [0.2, 0.25) is 0 Å². The van der Waals surface area contributed by atoms with Crippen LogP contribution >= 0.6 is 0 Å². The molecule has 0 rings (SSSR count). The van der Waals surface area contributed by atoms with Crippen molar-refractivity contribution in [2.24, 2.45) is 0 Å². The summed E-state index contributed by atoms with van der Waals surface area (Å²) in [5.74, 6) is 0. The van der Waals surface area contributed by atoms with Crippen LogP contribution in [0, 0.1) is 11.3 Å². The molecular formula is C11H17N. The third kappa shape index (κ3) is 8.97. The second kappa shape index (κ2) is 9.97. The molecular weight excluding hydrogens is 146 g/mol. The Hall–Kier alpha value is -1.03. The molecule has 0 heterocycles. The predicted molar refractivity (Wildman–Crippen MR) is 52.7 cm³/mol. The number of nitriles is 1. The van der Waals surface area contributed by atoms with Crippen LogP contribution in [0.4, 0.5) is 0 Å². The van der Waals surface area contributed by atoms with Gasteiger partial charge in [0.1, 0.15) is 0 Å². The number of unbranched alkanes of at least 4 members (excludes halogenated alkanes) is 4.